The number of nitrogens with one attached hydrogen (secondary N) is 1. The number of ether oxygens (including phenoxy) is 1. The molecule has 128 valence electrons. The molecule has 1 N–H and O–H groups in total. The van der Waals surface area contributed by atoms with Crippen molar-refractivity contribution in [3.63, 3.8) is 0 Å². The van der Waals surface area contributed by atoms with Gasteiger partial charge in [0.2, 0.25) is 5.91 Å². The first kappa shape index (κ1) is 17.8. The fraction of sp³-hybridized carbons (Fsp3) is 0.947. The first-order valence-corrected chi connectivity index (χ1v) is 9.14. The molecule has 1 aliphatic heterocycles. The third kappa shape index (κ3) is 3.67. The van der Waals surface area contributed by atoms with Crippen molar-refractivity contribution in [1.29, 1.82) is 0 Å². The molecule has 0 aromatic rings. The molecule has 0 aromatic heterocycles. The molecule has 2 rings (SSSR count). The van der Waals surface area contributed by atoms with E-state index in [-0.39, 0.29) is 11.8 Å². The van der Waals surface area contributed by atoms with Gasteiger partial charge in [-0.05, 0) is 55.3 Å². The number of rotatable bonds is 3. The third-order valence-corrected chi connectivity index (χ3v) is 6.42. The number of amides is 1. The highest BCUT2D eigenvalue weighted by molar-refractivity contribution is 5.79. The maximum absolute atomic E-state index is 12.4. The molecule has 2 fully saturated rings. The lowest BCUT2D eigenvalue weighted by atomic mass is 9.54. The average Bonchev–Trinajstić information content (AvgIpc) is 2.47. The summed E-state index contributed by atoms with van der Waals surface area (Å²) < 4.78 is 5.35. The van der Waals surface area contributed by atoms with Gasteiger partial charge in [-0.25, -0.2) is 0 Å². The van der Waals surface area contributed by atoms with Crippen molar-refractivity contribution in [1.82, 2.24) is 5.32 Å². The van der Waals surface area contributed by atoms with Gasteiger partial charge in [-0.2, -0.15) is 0 Å². The van der Waals surface area contributed by atoms with Crippen molar-refractivity contribution in [3.05, 3.63) is 0 Å². The summed E-state index contributed by atoms with van der Waals surface area (Å²) in [5.41, 5.74) is 0.740. The highest BCUT2D eigenvalue weighted by Crippen LogP contribution is 2.54. The van der Waals surface area contributed by atoms with Crippen molar-refractivity contribution in [2.75, 3.05) is 13.2 Å². The second kappa shape index (κ2) is 6.90. The van der Waals surface area contributed by atoms with Crippen LogP contribution in [-0.2, 0) is 9.53 Å². The van der Waals surface area contributed by atoms with Crippen molar-refractivity contribution in [3.8, 4) is 0 Å². The maximum atomic E-state index is 12.4. The van der Waals surface area contributed by atoms with Crippen molar-refractivity contribution >= 4 is 5.91 Å². The van der Waals surface area contributed by atoms with Gasteiger partial charge >= 0.3 is 0 Å². The predicted molar refractivity (Wildman–Crippen MR) is 90.7 cm³/mol. The lowest BCUT2D eigenvalue weighted by Crippen LogP contribution is -2.49. The van der Waals surface area contributed by atoms with Crippen LogP contribution < -0.4 is 5.32 Å². The molecular formula is C19H35NO2. The molecule has 1 aliphatic carbocycles. The van der Waals surface area contributed by atoms with Gasteiger partial charge in [-0.1, -0.05) is 34.6 Å². The van der Waals surface area contributed by atoms with Gasteiger partial charge in [-0.15, -0.1) is 0 Å². The minimum atomic E-state index is 0.174. The third-order valence-electron chi connectivity index (χ3n) is 6.42. The Labute approximate surface area is 136 Å². The van der Waals surface area contributed by atoms with Gasteiger partial charge in [0.05, 0.1) is 0 Å². The van der Waals surface area contributed by atoms with Gasteiger partial charge in [0.1, 0.15) is 0 Å². The zero-order chi connectivity index (χ0) is 16.4. The first-order valence-electron chi connectivity index (χ1n) is 9.14. The van der Waals surface area contributed by atoms with Crippen LogP contribution in [-0.4, -0.2) is 25.2 Å². The number of hydrogen-bond acceptors (Lipinski definition) is 2. The van der Waals surface area contributed by atoms with Gasteiger partial charge < -0.3 is 10.1 Å². The van der Waals surface area contributed by atoms with Crippen molar-refractivity contribution in [2.24, 2.45) is 22.7 Å². The number of carbonyl (C=O) groups is 1. The van der Waals surface area contributed by atoms with Crippen LogP contribution in [0.1, 0.15) is 73.1 Å². The van der Waals surface area contributed by atoms with Gasteiger partial charge in [0.15, 0.2) is 0 Å². The Morgan fingerprint density at radius 3 is 2.09 bits per heavy atom. The van der Waals surface area contributed by atoms with Crippen LogP contribution in [0.4, 0.5) is 0 Å². The van der Waals surface area contributed by atoms with E-state index < -0.39 is 0 Å². The van der Waals surface area contributed by atoms with E-state index in [0.717, 1.165) is 38.9 Å². The fourth-order valence-electron chi connectivity index (χ4n) is 4.75. The Morgan fingerprint density at radius 1 is 1.09 bits per heavy atom. The minimum Gasteiger partial charge on any atom is -0.381 e. The highest BCUT2D eigenvalue weighted by Gasteiger charge is 2.46. The lowest BCUT2D eigenvalue weighted by molar-refractivity contribution is -0.129. The Morgan fingerprint density at radius 2 is 1.64 bits per heavy atom. The zero-order valence-corrected chi connectivity index (χ0v) is 15.2. The van der Waals surface area contributed by atoms with Crippen molar-refractivity contribution < 1.29 is 9.53 Å². The van der Waals surface area contributed by atoms with Crippen LogP contribution in [0.5, 0.6) is 0 Å². The summed E-state index contributed by atoms with van der Waals surface area (Å²) in [7, 11) is 0. The molecular weight excluding hydrogens is 274 g/mol. The van der Waals surface area contributed by atoms with Gasteiger partial charge in [0, 0.05) is 25.2 Å². The van der Waals surface area contributed by atoms with E-state index in [0.29, 0.717) is 22.8 Å². The summed E-state index contributed by atoms with van der Waals surface area (Å²) in [6.07, 6.45) is 6.49. The molecule has 1 saturated heterocycles. The van der Waals surface area contributed by atoms with Crippen LogP contribution in [0, 0.1) is 22.7 Å². The molecule has 0 aromatic carbocycles. The molecule has 3 nitrogen and oxygen atoms in total. The van der Waals surface area contributed by atoms with E-state index in [1.54, 1.807) is 0 Å². The Hall–Kier alpha value is -0.570. The monoisotopic (exact) mass is 309 g/mol. The molecule has 1 heterocycles. The Bertz CT molecular complexity index is 369. The molecule has 1 amide bonds. The van der Waals surface area contributed by atoms with Crippen LogP contribution in [0.2, 0.25) is 0 Å². The van der Waals surface area contributed by atoms with E-state index in [9.17, 15) is 4.79 Å². The molecule has 0 atom stereocenters. The molecule has 0 radical (unpaired) electrons. The zero-order valence-electron chi connectivity index (χ0n) is 15.2. The normalized spacial score (nSPS) is 31.3. The van der Waals surface area contributed by atoms with E-state index in [2.05, 4.69) is 39.9 Å². The van der Waals surface area contributed by atoms with E-state index >= 15 is 0 Å². The summed E-state index contributed by atoms with van der Waals surface area (Å²) in [5.74, 6) is 1.13. The lowest BCUT2D eigenvalue weighted by Gasteiger charge is -2.52. The second-order valence-corrected chi connectivity index (χ2v) is 8.73. The summed E-state index contributed by atoms with van der Waals surface area (Å²) in [6.45, 7) is 13.4. The van der Waals surface area contributed by atoms with Gasteiger partial charge in [0.25, 0.3) is 0 Å². The van der Waals surface area contributed by atoms with Crippen LogP contribution >= 0.6 is 0 Å². The summed E-state index contributed by atoms with van der Waals surface area (Å²) in [5, 5.41) is 3.32. The van der Waals surface area contributed by atoms with Crippen LogP contribution in [0.15, 0.2) is 0 Å². The quantitative estimate of drug-likeness (QED) is 0.850. The molecule has 22 heavy (non-hydrogen) atoms. The minimum absolute atomic E-state index is 0.174. The molecule has 3 heteroatoms. The van der Waals surface area contributed by atoms with Crippen LogP contribution in [0.25, 0.3) is 0 Å². The summed E-state index contributed by atoms with van der Waals surface area (Å²) in [6, 6.07) is 0.379. The topological polar surface area (TPSA) is 38.3 Å². The standard InChI is InChI=1S/C19H35NO2/c1-14(2)19(18(3,4)5)10-6-16(7-11-19)20-17(21)15-8-12-22-13-9-15/h14-16H,6-13H2,1-5H3,(H,20,21). The number of hydrogen-bond donors (Lipinski definition) is 1. The predicted octanol–water partition coefficient (Wildman–Crippen LogP) is 4.16. The first-order chi connectivity index (χ1) is 10.3. The fourth-order valence-corrected chi connectivity index (χ4v) is 4.75. The van der Waals surface area contributed by atoms with Gasteiger partial charge in [-0.3, -0.25) is 4.79 Å². The molecule has 0 spiro atoms. The molecule has 0 unspecified atom stereocenters. The van der Waals surface area contributed by atoms with Crippen molar-refractivity contribution in [2.45, 2.75) is 79.2 Å². The Kier molecular flexibility index (Phi) is 5.58. The smallest absolute Gasteiger partial charge is 0.223 e. The molecule has 1 saturated carbocycles. The maximum Gasteiger partial charge on any atom is 0.223 e. The largest absolute Gasteiger partial charge is 0.381 e. The highest BCUT2D eigenvalue weighted by atomic mass is 16.5. The Balaban J connectivity index is 1.89. The van der Waals surface area contributed by atoms with E-state index in [1.165, 1.54) is 12.8 Å². The summed E-state index contributed by atoms with van der Waals surface area (Å²) >= 11 is 0. The van der Waals surface area contributed by atoms with E-state index in [1.807, 2.05) is 0 Å². The average molecular weight is 309 g/mol. The molecule has 2 aliphatic rings. The second-order valence-electron chi connectivity index (χ2n) is 8.73. The summed E-state index contributed by atoms with van der Waals surface area (Å²) in [4.78, 5) is 12.4. The SMILES string of the molecule is CC(C)C1(C(C)(C)C)CCC(NC(=O)C2CCOCC2)CC1. The molecule has 0 bridgehead atoms. The van der Waals surface area contributed by atoms with Crippen LogP contribution in [0.3, 0.4) is 0 Å². The number of carbonyl (C=O) groups excluding carboxylic acids is 1. The van der Waals surface area contributed by atoms with E-state index in [4.69, 9.17) is 4.74 Å².